The molecule has 28 heavy (non-hydrogen) atoms. The molecule has 0 unspecified atom stereocenters. The fourth-order valence-electron chi connectivity index (χ4n) is 3.68. The number of hydrogen-bond acceptors (Lipinski definition) is 3. The van der Waals surface area contributed by atoms with Gasteiger partial charge < -0.3 is 4.90 Å². The predicted molar refractivity (Wildman–Crippen MR) is 108 cm³/mol. The van der Waals surface area contributed by atoms with E-state index in [0.29, 0.717) is 11.3 Å². The van der Waals surface area contributed by atoms with Gasteiger partial charge in [0.25, 0.3) is 17.7 Å². The molecule has 0 aromatic heterocycles. The molecule has 1 saturated heterocycles. The van der Waals surface area contributed by atoms with Gasteiger partial charge in [-0.05, 0) is 49.2 Å². The monoisotopic (exact) mass is 416 g/mol. The molecule has 1 fully saturated rings. The van der Waals surface area contributed by atoms with Gasteiger partial charge in [-0.2, -0.15) is 0 Å². The van der Waals surface area contributed by atoms with Crippen molar-refractivity contribution in [1.82, 2.24) is 4.90 Å². The Kier molecular flexibility index (Phi) is 5.13. The van der Waals surface area contributed by atoms with Gasteiger partial charge in [0.2, 0.25) is 0 Å². The van der Waals surface area contributed by atoms with E-state index in [0.717, 1.165) is 43.7 Å². The first-order chi connectivity index (χ1) is 13.5. The maximum atomic E-state index is 12.7. The lowest BCUT2D eigenvalue weighted by Gasteiger charge is -2.21. The van der Waals surface area contributed by atoms with Crippen molar-refractivity contribution in [3.05, 3.63) is 63.1 Å². The summed E-state index contributed by atoms with van der Waals surface area (Å²) in [6.45, 7) is 1.53. The summed E-state index contributed by atoms with van der Waals surface area (Å²) in [6.07, 6.45) is 4.33. The third kappa shape index (κ3) is 3.29. The minimum Gasteiger partial charge on any atom is -0.339 e. The second-order valence-electron chi connectivity index (χ2n) is 7.01. The fourth-order valence-corrected chi connectivity index (χ4v) is 4.01. The van der Waals surface area contributed by atoms with Crippen molar-refractivity contribution in [1.29, 1.82) is 0 Å². The summed E-state index contributed by atoms with van der Waals surface area (Å²) in [5, 5.41) is 0.448. The van der Waals surface area contributed by atoms with Crippen LogP contribution in [0.3, 0.4) is 0 Å². The Morgan fingerprint density at radius 1 is 0.786 bits per heavy atom. The molecule has 0 saturated carbocycles. The molecule has 7 heteroatoms. The van der Waals surface area contributed by atoms with E-state index in [1.54, 1.807) is 24.3 Å². The number of halogens is 2. The van der Waals surface area contributed by atoms with E-state index in [9.17, 15) is 14.4 Å². The zero-order valence-electron chi connectivity index (χ0n) is 15.1. The van der Waals surface area contributed by atoms with E-state index in [4.69, 9.17) is 23.2 Å². The number of carbonyl (C=O) groups excluding carboxylic acids is 3. The summed E-state index contributed by atoms with van der Waals surface area (Å²) in [4.78, 5) is 41.1. The van der Waals surface area contributed by atoms with Crippen LogP contribution in [0.5, 0.6) is 0 Å². The quantitative estimate of drug-likeness (QED) is 0.659. The SMILES string of the molecule is O=C(c1ccc(N2C(=O)c3cc(Cl)c(Cl)cc3C2=O)cc1)N1CCCCCC1. The van der Waals surface area contributed by atoms with E-state index in [-0.39, 0.29) is 27.1 Å². The van der Waals surface area contributed by atoms with Gasteiger partial charge in [-0.1, -0.05) is 36.0 Å². The van der Waals surface area contributed by atoms with Crippen molar-refractivity contribution in [2.75, 3.05) is 18.0 Å². The smallest absolute Gasteiger partial charge is 0.266 e. The minimum absolute atomic E-state index is 0.0191. The third-order valence-corrected chi connectivity index (χ3v) is 5.92. The topological polar surface area (TPSA) is 57.7 Å². The van der Waals surface area contributed by atoms with E-state index in [2.05, 4.69) is 0 Å². The van der Waals surface area contributed by atoms with Gasteiger partial charge in [0.15, 0.2) is 0 Å². The number of likely N-dealkylation sites (tertiary alicyclic amines) is 1. The summed E-state index contributed by atoms with van der Waals surface area (Å²) < 4.78 is 0. The largest absolute Gasteiger partial charge is 0.339 e. The van der Waals surface area contributed by atoms with E-state index < -0.39 is 11.8 Å². The van der Waals surface area contributed by atoms with Crippen LogP contribution in [-0.4, -0.2) is 35.7 Å². The van der Waals surface area contributed by atoms with E-state index >= 15 is 0 Å². The molecule has 0 atom stereocenters. The van der Waals surface area contributed by atoms with Crippen LogP contribution >= 0.6 is 23.2 Å². The highest BCUT2D eigenvalue weighted by Crippen LogP contribution is 2.34. The number of carbonyl (C=O) groups is 3. The number of hydrogen-bond donors (Lipinski definition) is 0. The Morgan fingerprint density at radius 2 is 1.29 bits per heavy atom. The highest BCUT2D eigenvalue weighted by Gasteiger charge is 2.37. The first-order valence-corrected chi connectivity index (χ1v) is 10.00. The van der Waals surface area contributed by atoms with Crippen molar-refractivity contribution in [2.45, 2.75) is 25.7 Å². The molecule has 144 valence electrons. The Balaban J connectivity index is 1.58. The van der Waals surface area contributed by atoms with Crippen molar-refractivity contribution in [2.24, 2.45) is 0 Å². The normalized spacial score (nSPS) is 16.9. The van der Waals surface area contributed by atoms with Crippen LogP contribution in [0.4, 0.5) is 5.69 Å². The zero-order chi connectivity index (χ0) is 19.8. The van der Waals surface area contributed by atoms with Gasteiger partial charge in [0.1, 0.15) is 0 Å². The number of rotatable bonds is 2. The van der Waals surface area contributed by atoms with Gasteiger partial charge in [-0.25, -0.2) is 4.90 Å². The first kappa shape index (κ1) is 19.0. The summed E-state index contributed by atoms with van der Waals surface area (Å²) in [5.41, 5.74) is 1.41. The molecular formula is C21H18Cl2N2O3. The second-order valence-corrected chi connectivity index (χ2v) is 7.83. The van der Waals surface area contributed by atoms with Crippen LogP contribution < -0.4 is 4.90 Å². The molecular weight excluding hydrogens is 399 g/mol. The van der Waals surface area contributed by atoms with Crippen LogP contribution in [-0.2, 0) is 0 Å². The minimum atomic E-state index is -0.454. The molecule has 0 bridgehead atoms. The lowest BCUT2D eigenvalue weighted by molar-refractivity contribution is 0.0761. The van der Waals surface area contributed by atoms with Crippen molar-refractivity contribution < 1.29 is 14.4 Å². The molecule has 5 nitrogen and oxygen atoms in total. The van der Waals surface area contributed by atoms with E-state index in [1.165, 1.54) is 12.1 Å². The lowest BCUT2D eigenvalue weighted by Crippen LogP contribution is -2.32. The van der Waals surface area contributed by atoms with Crippen LogP contribution in [0.15, 0.2) is 36.4 Å². The van der Waals surface area contributed by atoms with E-state index in [1.807, 2.05) is 4.90 Å². The highest BCUT2D eigenvalue weighted by atomic mass is 35.5. The summed E-state index contributed by atoms with van der Waals surface area (Å²) >= 11 is 12.0. The Labute approximate surface area is 172 Å². The molecule has 2 heterocycles. The highest BCUT2D eigenvalue weighted by molar-refractivity contribution is 6.44. The van der Waals surface area contributed by atoms with Crippen LogP contribution in [0, 0.1) is 0 Å². The third-order valence-electron chi connectivity index (χ3n) is 5.19. The van der Waals surface area contributed by atoms with Crippen molar-refractivity contribution in [3.8, 4) is 0 Å². The summed E-state index contributed by atoms with van der Waals surface area (Å²) in [5.74, 6) is -0.926. The van der Waals surface area contributed by atoms with Crippen molar-refractivity contribution >= 4 is 46.6 Å². The Morgan fingerprint density at radius 3 is 1.79 bits per heavy atom. The number of anilines is 1. The fraction of sp³-hybridized carbons (Fsp3) is 0.286. The van der Waals surface area contributed by atoms with Gasteiger partial charge in [-0.3, -0.25) is 14.4 Å². The van der Waals surface area contributed by atoms with Crippen LogP contribution in [0.2, 0.25) is 10.0 Å². The molecule has 0 aliphatic carbocycles. The molecule has 4 rings (SSSR count). The first-order valence-electron chi connectivity index (χ1n) is 9.24. The molecule has 2 aliphatic rings. The molecule has 3 amide bonds. The predicted octanol–water partition coefficient (Wildman–Crippen LogP) is 4.81. The van der Waals surface area contributed by atoms with Crippen LogP contribution in [0.25, 0.3) is 0 Å². The molecule has 0 spiro atoms. The maximum Gasteiger partial charge on any atom is 0.266 e. The lowest BCUT2D eigenvalue weighted by atomic mass is 10.1. The average molecular weight is 417 g/mol. The molecule has 2 aromatic rings. The molecule has 0 radical (unpaired) electrons. The number of nitrogens with zero attached hydrogens (tertiary/aromatic N) is 2. The number of benzene rings is 2. The second kappa shape index (κ2) is 7.57. The van der Waals surface area contributed by atoms with Crippen LogP contribution in [0.1, 0.15) is 56.8 Å². The Bertz CT molecular complexity index is 923. The number of imide groups is 1. The van der Waals surface area contributed by atoms with Gasteiger partial charge >= 0.3 is 0 Å². The summed E-state index contributed by atoms with van der Waals surface area (Å²) in [7, 11) is 0. The zero-order valence-corrected chi connectivity index (χ0v) is 16.6. The average Bonchev–Trinajstić information content (AvgIpc) is 2.90. The Hall–Kier alpha value is -2.37. The van der Waals surface area contributed by atoms with Gasteiger partial charge in [0, 0.05) is 18.7 Å². The van der Waals surface area contributed by atoms with Gasteiger partial charge in [-0.15, -0.1) is 0 Å². The van der Waals surface area contributed by atoms with Gasteiger partial charge in [0.05, 0.1) is 26.9 Å². The molecule has 0 N–H and O–H groups in total. The number of amides is 3. The van der Waals surface area contributed by atoms with Crippen molar-refractivity contribution in [3.63, 3.8) is 0 Å². The standard InChI is InChI=1S/C21H18Cl2N2O3/c22-17-11-15-16(12-18(17)23)21(28)25(20(15)27)14-7-5-13(6-8-14)19(26)24-9-3-1-2-4-10-24/h5-8,11-12H,1-4,9-10H2. The molecule has 2 aliphatic heterocycles. The molecule has 2 aromatic carbocycles. The number of fused-ring (bicyclic) bond motifs is 1. The maximum absolute atomic E-state index is 12.7. The summed E-state index contributed by atoms with van der Waals surface area (Å²) in [6, 6.07) is 9.39.